The van der Waals surface area contributed by atoms with Gasteiger partial charge >= 0.3 is 5.69 Å². The molecular weight excluding hydrogens is 396 g/mol. The average molecular weight is 413 g/mol. The number of rotatable bonds is 7. The van der Waals surface area contributed by atoms with Crippen molar-refractivity contribution in [3.8, 4) is 0 Å². The molecule has 3 aromatic rings. The molecule has 1 heterocycles. The Balaban J connectivity index is 1.79. The first kappa shape index (κ1) is 20.0. The van der Waals surface area contributed by atoms with Gasteiger partial charge in [-0.3, -0.25) is 25.8 Å². The maximum atomic E-state index is 12.1. The number of carbonyl (C=O) groups excluding carboxylic acids is 1. The van der Waals surface area contributed by atoms with Crippen molar-refractivity contribution in [2.45, 2.75) is 13.3 Å². The molecule has 1 aromatic heterocycles. The van der Waals surface area contributed by atoms with Crippen LogP contribution in [0.1, 0.15) is 11.1 Å². The number of hydrogen-bond donors (Lipinski definition) is 3. The number of aryl methyl sites for hydroxylation is 1. The topological polar surface area (TPSA) is 122 Å². The summed E-state index contributed by atoms with van der Waals surface area (Å²) in [4.78, 5) is 30.9. The molecule has 0 unspecified atom stereocenters. The Morgan fingerprint density at radius 2 is 1.86 bits per heavy atom. The fourth-order valence-corrected chi connectivity index (χ4v) is 2.72. The minimum Gasteiger partial charge on any atom is -0.334 e. The Kier molecular flexibility index (Phi) is 6.20. The van der Waals surface area contributed by atoms with Crippen LogP contribution in [0.25, 0.3) is 0 Å². The van der Waals surface area contributed by atoms with Gasteiger partial charge in [-0.05, 0) is 30.2 Å². The van der Waals surface area contributed by atoms with E-state index in [-0.39, 0.29) is 24.0 Å². The van der Waals surface area contributed by atoms with Crippen LogP contribution in [0.15, 0.2) is 54.9 Å². The molecule has 0 radical (unpaired) electrons. The van der Waals surface area contributed by atoms with Gasteiger partial charge in [0.1, 0.15) is 6.33 Å². The molecule has 0 aliphatic heterocycles. The van der Waals surface area contributed by atoms with E-state index in [4.69, 9.17) is 11.6 Å². The standard InChI is InChI=1S/C19H17ClN6O3/c1-12-7-8-14(20)10-15(12)23-18-17(26(28)29)19(22-11-21-18)25-24-16(27)9-13-5-3-2-4-6-13/h2-8,10-11H,9H2,1H3,(H,24,27)(H2,21,22,23,25). The molecule has 0 aliphatic carbocycles. The number of carbonyl (C=O) groups is 1. The molecule has 2 aromatic carbocycles. The van der Waals surface area contributed by atoms with E-state index in [2.05, 4.69) is 26.1 Å². The van der Waals surface area contributed by atoms with Crippen molar-refractivity contribution in [3.05, 3.63) is 81.1 Å². The third-order valence-electron chi connectivity index (χ3n) is 3.99. The van der Waals surface area contributed by atoms with Crippen molar-refractivity contribution in [3.63, 3.8) is 0 Å². The van der Waals surface area contributed by atoms with E-state index in [1.54, 1.807) is 18.2 Å². The molecule has 29 heavy (non-hydrogen) atoms. The number of nitrogens with one attached hydrogen (secondary N) is 3. The number of anilines is 3. The lowest BCUT2D eigenvalue weighted by atomic mass is 10.1. The van der Waals surface area contributed by atoms with Gasteiger partial charge in [-0.25, -0.2) is 9.97 Å². The predicted octanol–water partition coefficient (Wildman–Crippen LogP) is 3.78. The summed E-state index contributed by atoms with van der Waals surface area (Å²) >= 11 is 6.00. The van der Waals surface area contributed by atoms with E-state index < -0.39 is 10.6 Å². The van der Waals surface area contributed by atoms with Crippen LogP contribution in [0.2, 0.25) is 5.02 Å². The van der Waals surface area contributed by atoms with E-state index in [1.165, 1.54) is 0 Å². The lowest BCUT2D eigenvalue weighted by Gasteiger charge is -2.12. The number of nitrogens with zero attached hydrogens (tertiary/aromatic N) is 3. The normalized spacial score (nSPS) is 10.3. The molecule has 0 aliphatic rings. The summed E-state index contributed by atoms with van der Waals surface area (Å²) in [6.07, 6.45) is 1.26. The third-order valence-corrected chi connectivity index (χ3v) is 4.22. The lowest BCUT2D eigenvalue weighted by molar-refractivity contribution is -0.383. The Morgan fingerprint density at radius 1 is 1.14 bits per heavy atom. The maximum Gasteiger partial charge on any atom is 0.355 e. The van der Waals surface area contributed by atoms with Gasteiger partial charge in [-0.1, -0.05) is 48.0 Å². The Labute approximate surface area is 171 Å². The van der Waals surface area contributed by atoms with Gasteiger partial charge in [-0.2, -0.15) is 0 Å². The van der Waals surface area contributed by atoms with Crippen molar-refractivity contribution in [1.29, 1.82) is 0 Å². The number of halogens is 1. The van der Waals surface area contributed by atoms with Crippen LogP contribution in [0.4, 0.5) is 23.0 Å². The second kappa shape index (κ2) is 8.98. The number of aromatic nitrogens is 2. The van der Waals surface area contributed by atoms with Crippen LogP contribution in [-0.2, 0) is 11.2 Å². The molecule has 10 heteroatoms. The lowest BCUT2D eigenvalue weighted by Crippen LogP contribution is -2.31. The van der Waals surface area contributed by atoms with Crippen LogP contribution in [0, 0.1) is 17.0 Å². The second-order valence-corrected chi connectivity index (χ2v) is 6.53. The van der Waals surface area contributed by atoms with Crippen LogP contribution in [0.5, 0.6) is 0 Å². The van der Waals surface area contributed by atoms with E-state index in [1.807, 2.05) is 37.3 Å². The molecule has 1 amide bonds. The summed E-state index contributed by atoms with van der Waals surface area (Å²) in [5.41, 5.74) is 6.72. The summed E-state index contributed by atoms with van der Waals surface area (Å²) in [6, 6.07) is 14.2. The molecular formula is C19H17ClN6O3. The summed E-state index contributed by atoms with van der Waals surface area (Å²) in [5, 5.41) is 15.0. The van der Waals surface area contributed by atoms with E-state index >= 15 is 0 Å². The zero-order chi connectivity index (χ0) is 20.8. The highest BCUT2D eigenvalue weighted by Gasteiger charge is 2.24. The average Bonchev–Trinajstić information content (AvgIpc) is 2.70. The summed E-state index contributed by atoms with van der Waals surface area (Å²) in [5.74, 6) is -0.548. The first-order valence-electron chi connectivity index (χ1n) is 8.55. The van der Waals surface area contributed by atoms with Gasteiger partial charge in [0, 0.05) is 10.7 Å². The van der Waals surface area contributed by atoms with Crippen molar-refractivity contribution in [2.24, 2.45) is 0 Å². The summed E-state index contributed by atoms with van der Waals surface area (Å²) in [6.45, 7) is 1.83. The Hall–Kier alpha value is -3.72. The SMILES string of the molecule is Cc1ccc(Cl)cc1Nc1ncnc(NNC(=O)Cc2ccccc2)c1[N+](=O)[O-]. The van der Waals surface area contributed by atoms with Crippen LogP contribution in [0.3, 0.4) is 0 Å². The molecule has 0 spiro atoms. The summed E-state index contributed by atoms with van der Waals surface area (Å²) in [7, 11) is 0. The highest BCUT2D eigenvalue weighted by Crippen LogP contribution is 2.32. The van der Waals surface area contributed by atoms with Gasteiger partial charge in [0.2, 0.25) is 17.5 Å². The van der Waals surface area contributed by atoms with Gasteiger partial charge in [0.25, 0.3) is 0 Å². The van der Waals surface area contributed by atoms with E-state index in [0.29, 0.717) is 10.7 Å². The molecule has 9 nitrogen and oxygen atoms in total. The minimum absolute atomic E-state index is 0.0322. The molecule has 0 saturated carbocycles. The number of amides is 1. The molecule has 0 fully saturated rings. The highest BCUT2D eigenvalue weighted by atomic mass is 35.5. The Bertz CT molecular complexity index is 1050. The fraction of sp³-hybridized carbons (Fsp3) is 0.105. The number of benzene rings is 2. The molecule has 148 valence electrons. The monoisotopic (exact) mass is 412 g/mol. The fourth-order valence-electron chi connectivity index (χ4n) is 2.55. The smallest absolute Gasteiger partial charge is 0.334 e. The third kappa shape index (κ3) is 5.17. The molecule has 0 bridgehead atoms. The maximum absolute atomic E-state index is 12.1. The van der Waals surface area contributed by atoms with E-state index in [0.717, 1.165) is 17.5 Å². The van der Waals surface area contributed by atoms with Gasteiger partial charge < -0.3 is 5.32 Å². The zero-order valence-corrected chi connectivity index (χ0v) is 16.1. The second-order valence-electron chi connectivity index (χ2n) is 6.10. The quantitative estimate of drug-likeness (QED) is 0.398. The van der Waals surface area contributed by atoms with Crippen LogP contribution < -0.4 is 16.2 Å². The van der Waals surface area contributed by atoms with Gasteiger partial charge in [-0.15, -0.1) is 0 Å². The predicted molar refractivity (Wildman–Crippen MR) is 110 cm³/mol. The largest absolute Gasteiger partial charge is 0.355 e. The summed E-state index contributed by atoms with van der Waals surface area (Å²) < 4.78 is 0. The molecule has 3 rings (SSSR count). The van der Waals surface area contributed by atoms with Crippen molar-refractivity contribution < 1.29 is 9.72 Å². The Morgan fingerprint density at radius 3 is 2.59 bits per heavy atom. The first-order valence-corrected chi connectivity index (χ1v) is 8.93. The van der Waals surface area contributed by atoms with Crippen molar-refractivity contribution >= 4 is 40.5 Å². The van der Waals surface area contributed by atoms with Gasteiger partial charge in [0.15, 0.2) is 0 Å². The molecule has 0 saturated heterocycles. The zero-order valence-electron chi connectivity index (χ0n) is 15.3. The number of nitro groups is 1. The number of hydrogen-bond acceptors (Lipinski definition) is 7. The van der Waals surface area contributed by atoms with Crippen molar-refractivity contribution in [2.75, 3.05) is 10.7 Å². The first-order chi connectivity index (χ1) is 13.9. The highest BCUT2D eigenvalue weighted by molar-refractivity contribution is 6.30. The van der Waals surface area contributed by atoms with Crippen LogP contribution >= 0.6 is 11.6 Å². The number of hydrazine groups is 1. The molecule has 0 atom stereocenters. The van der Waals surface area contributed by atoms with Crippen molar-refractivity contribution in [1.82, 2.24) is 15.4 Å². The minimum atomic E-state index is -0.631. The molecule has 3 N–H and O–H groups in total. The van der Waals surface area contributed by atoms with Gasteiger partial charge in [0.05, 0.1) is 11.3 Å². The van der Waals surface area contributed by atoms with Crippen LogP contribution in [-0.4, -0.2) is 20.8 Å². The van der Waals surface area contributed by atoms with E-state index in [9.17, 15) is 14.9 Å².